The molecule has 1 fully saturated rings. The number of hydrogen-bond acceptors (Lipinski definition) is 4. The maximum Gasteiger partial charge on any atom is 0.338 e. The largest absolute Gasteiger partial charge is 0.466 e. The third kappa shape index (κ3) is 3.28. The number of nitrogens with one attached hydrogen (secondary N) is 2. The number of esters is 1. The van der Waals surface area contributed by atoms with Gasteiger partial charge in [0.25, 0.3) is 0 Å². The summed E-state index contributed by atoms with van der Waals surface area (Å²) in [5.41, 5.74) is 3.05. The Morgan fingerprint density at radius 3 is 2.67 bits per heavy atom. The lowest BCUT2D eigenvalue weighted by Gasteiger charge is -2.31. The molecular formula is C18H23N3O3. The lowest BCUT2D eigenvalue weighted by atomic mass is 9.92. The molecule has 3 rings (SSSR count). The Kier molecular flexibility index (Phi) is 4.85. The number of nitrogens with zero attached hydrogens (tertiary/aromatic N) is 1. The van der Waals surface area contributed by atoms with Gasteiger partial charge >= 0.3 is 12.0 Å². The molecule has 0 spiro atoms. The number of aryl methyl sites for hydroxylation is 1. The van der Waals surface area contributed by atoms with Crippen molar-refractivity contribution in [1.82, 2.24) is 15.5 Å². The molecule has 128 valence electrons. The first-order valence-electron chi connectivity index (χ1n) is 8.27. The second-order valence-corrected chi connectivity index (χ2v) is 6.26. The summed E-state index contributed by atoms with van der Waals surface area (Å²) in [6, 6.07) is 6.97. The minimum Gasteiger partial charge on any atom is -0.466 e. The number of amides is 2. The highest BCUT2D eigenvalue weighted by molar-refractivity contribution is 5.95. The van der Waals surface area contributed by atoms with E-state index in [0.29, 0.717) is 17.8 Å². The molecule has 0 bridgehead atoms. The normalized spacial score (nSPS) is 21.4. The average Bonchev–Trinajstić information content (AvgIpc) is 3.07. The SMILES string of the molecule is COC(=O)C1=C(CN2CCCC2)NC(=O)N[C@H]1c1ccccc1C. The third-order valence-electron chi connectivity index (χ3n) is 4.64. The second-order valence-electron chi connectivity index (χ2n) is 6.26. The predicted molar refractivity (Wildman–Crippen MR) is 90.3 cm³/mol. The molecule has 2 N–H and O–H groups in total. The van der Waals surface area contributed by atoms with Crippen molar-refractivity contribution >= 4 is 12.0 Å². The van der Waals surface area contributed by atoms with Gasteiger partial charge < -0.3 is 15.4 Å². The lowest BCUT2D eigenvalue weighted by Crippen LogP contribution is -2.48. The third-order valence-corrected chi connectivity index (χ3v) is 4.64. The highest BCUT2D eigenvalue weighted by Crippen LogP contribution is 2.30. The van der Waals surface area contributed by atoms with Gasteiger partial charge in [-0.05, 0) is 44.0 Å². The van der Waals surface area contributed by atoms with Crippen LogP contribution in [0.15, 0.2) is 35.5 Å². The number of methoxy groups -OCH3 is 1. The molecular weight excluding hydrogens is 306 g/mol. The van der Waals surface area contributed by atoms with Gasteiger partial charge in [0.1, 0.15) is 0 Å². The van der Waals surface area contributed by atoms with E-state index in [2.05, 4.69) is 15.5 Å². The van der Waals surface area contributed by atoms with E-state index < -0.39 is 12.0 Å². The lowest BCUT2D eigenvalue weighted by molar-refractivity contribution is -0.136. The molecule has 6 nitrogen and oxygen atoms in total. The molecule has 0 saturated carbocycles. The number of carbonyl (C=O) groups is 2. The molecule has 6 heteroatoms. The predicted octanol–water partition coefficient (Wildman–Crippen LogP) is 1.87. The highest BCUT2D eigenvalue weighted by Gasteiger charge is 2.34. The van der Waals surface area contributed by atoms with Crippen LogP contribution in [0.1, 0.15) is 30.0 Å². The van der Waals surface area contributed by atoms with Crippen LogP contribution in [-0.2, 0) is 9.53 Å². The van der Waals surface area contributed by atoms with Crippen LogP contribution in [0.3, 0.4) is 0 Å². The molecule has 0 aliphatic carbocycles. The molecule has 2 heterocycles. The zero-order valence-corrected chi connectivity index (χ0v) is 14.1. The molecule has 0 aromatic heterocycles. The van der Waals surface area contributed by atoms with Gasteiger partial charge in [-0.3, -0.25) is 4.90 Å². The summed E-state index contributed by atoms with van der Waals surface area (Å²) in [5, 5.41) is 5.68. The maximum absolute atomic E-state index is 12.5. The molecule has 24 heavy (non-hydrogen) atoms. The van der Waals surface area contributed by atoms with Crippen LogP contribution < -0.4 is 10.6 Å². The van der Waals surface area contributed by atoms with Crippen LogP contribution >= 0.6 is 0 Å². The highest BCUT2D eigenvalue weighted by atomic mass is 16.5. The summed E-state index contributed by atoms with van der Waals surface area (Å²) in [5.74, 6) is -0.412. The Labute approximate surface area is 141 Å². The van der Waals surface area contributed by atoms with E-state index in [1.54, 1.807) is 0 Å². The molecule has 1 saturated heterocycles. The smallest absolute Gasteiger partial charge is 0.338 e. The fourth-order valence-corrected chi connectivity index (χ4v) is 3.40. The Balaban J connectivity index is 2.03. The van der Waals surface area contributed by atoms with Crippen LogP contribution in [0, 0.1) is 6.92 Å². The summed E-state index contributed by atoms with van der Waals surface area (Å²) in [6.07, 6.45) is 2.29. The van der Waals surface area contributed by atoms with Gasteiger partial charge in [0.15, 0.2) is 0 Å². The Hall–Kier alpha value is -2.34. The zero-order valence-electron chi connectivity index (χ0n) is 14.1. The minimum atomic E-state index is -0.495. The standard InChI is InChI=1S/C18H23N3O3/c1-12-7-3-4-8-13(12)16-15(17(22)24-2)14(19-18(23)20-16)11-21-9-5-6-10-21/h3-4,7-8,16H,5-6,9-11H2,1-2H3,(H2,19,20,23)/t16-/m0/s1. The monoisotopic (exact) mass is 329 g/mol. The summed E-state index contributed by atoms with van der Waals surface area (Å²) in [7, 11) is 1.37. The van der Waals surface area contributed by atoms with Crippen molar-refractivity contribution in [2.24, 2.45) is 0 Å². The summed E-state index contributed by atoms with van der Waals surface area (Å²) >= 11 is 0. The van der Waals surface area contributed by atoms with E-state index in [0.717, 1.165) is 37.1 Å². The minimum absolute atomic E-state index is 0.287. The molecule has 2 aliphatic rings. The molecule has 1 atom stereocenters. The van der Waals surface area contributed by atoms with Crippen molar-refractivity contribution in [3.05, 3.63) is 46.7 Å². The van der Waals surface area contributed by atoms with Gasteiger partial charge in [0, 0.05) is 12.2 Å². The van der Waals surface area contributed by atoms with Gasteiger partial charge in [-0.25, -0.2) is 9.59 Å². The number of urea groups is 1. The van der Waals surface area contributed by atoms with Gasteiger partial charge in [-0.2, -0.15) is 0 Å². The summed E-state index contributed by atoms with van der Waals surface area (Å²) in [6.45, 7) is 4.49. The van der Waals surface area contributed by atoms with E-state index in [-0.39, 0.29) is 6.03 Å². The van der Waals surface area contributed by atoms with Crippen molar-refractivity contribution in [1.29, 1.82) is 0 Å². The van der Waals surface area contributed by atoms with Gasteiger partial charge in [-0.1, -0.05) is 24.3 Å². The van der Waals surface area contributed by atoms with Gasteiger partial charge in [0.2, 0.25) is 0 Å². The van der Waals surface area contributed by atoms with E-state index >= 15 is 0 Å². The van der Waals surface area contributed by atoms with E-state index in [9.17, 15) is 9.59 Å². The summed E-state index contributed by atoms with van der Waals surface area (Å²) in [4.78, 5) is 26.9. The fraction of sp³-hybridized carbons (Fsp3) is 0.444. The van der Waals surface area contributed by atoms with Crippen molar-refractivity contribution in [2.45, 2.75) is 25.8 Å². The summed E-state index contributed by atoms with van der Waals surface area (Å²) < 4.78 is 5.00. The van der Waals surface area contributed by atoms with Gasteiger partial charge in [-0.15, -0.1) is 0 Å². The van der Waals surface area contributed by atoms with Crippen LogP contribution in [0.4, 0.5) is 4.79 Å². The molecule has 0 radical (unpaired) electrons. The first-order valence-corrected chi connectivity index (χ1v) is 8.27. The van der Waals surface area contributed by atoms with Crippen molar-refractivity contribution in [3.63, 3.8) is 0 Å². The van der Waals surface area contributed by atoms with E-state index in [4.69, 9.17) is 4.74 Å². The first-order chi connectivity index (χ1) is 11.6. The maximum atomic E-state index is 12.5. The second kappa shape index (κ2) is 7.05. The van der Waals surface area contributed by atoms with Crippen molar-refractivity contribution in [2.75, 3.05) is 26.7 Å². The average molecular weight is 329 g/mol. The number of hydrogen-bond donors (Lipinski definition) is 2. The zero-order chi connectivity index (χ0) is 17.1. The quantitative estimate of drug-likeness (QED) is 0.828. The molecule has 2 aliphatic heterocycles. The number of ether oxygens (including phenoxy) is 1. The molecule has 0 unspecified atom stereocenters. The number of carbonyl (C=O) groups excluding carboxylic acids is 2. The Morgan fingerprint density at radius 2 is 2.00 bits per heavy atom. The van der Waals surface area contributed by atoms with E-state index in [1.807, 2.05) is 31.2 Å². The Bertz CT molecular complexity index is 678. The number of benzene rings is 1. The van der Waals surface area contributed by atoms with E-state index in [1.165, 1.54) is 7.11 Å². The number of rotatable bonds is 4. The molecule has 2 amide bonds. The first kappa shape index (κ1) is 16.5. The van der Waals surface area contributed by atoms with Crippen molar-refractivity contribution < 1.29 is 14.3 Å². The van der Waals surface area contributed by atoms with Crippen molar-refractivity contribution in [3.8, 4) is 0 Å². The van der Waals surface area contributed by atoms with Crippen LogP contribution in [0.2, 0.25) is 0 Å². The topological polar surface area (TPSA) is 70.7 Å². The van der Waals surface area contributed by atoms with Crippen LogP contribution in [0.5, 0.6) is 0 Å². The fourth-order valence-electron chi connectivity index (χ4n) is 3.40. The van der Waals surface area contributed by atoms with Crippen LogP contribution in [0.25, 0.3) is 0 Å². The van der Waals surface area contributed by atoms with Gasteiger partial charge in [0.05, 0.1) is 18.7 Å². The molecule has 1 aromatic carbocycles. The molecule has 1 aromatic rings. The number of likely N-dealkylation sites (tertiary alicyclic amines) is 1. The Morgan fingerprint density at radius 1 is 1.29 bits per heavy atom. The van der Waals surface area contributed by atoms with Crippen LogP contribution in [-0.4, -0.2) is 43.6 Å².